The highest BCUT2D eigenvalue weighted by molar-refractivity contribution is 14.1. The zero-order valence-corrected chi connectivity index (χ0v) is 14.3. The van der Waals surface area contributed by atoms with Crippen LogP contribution in [0.25, 0.3) is 0 Å². The Bertz CT molecular complexity index is 550. The lowest BCUT2D eigenvalue weighted by Gasteiger charge is -2.40. The number of hydrogen-bond donors (Lipinski definition) is 3. The lowest BCUT2D eigenvalue weighted by atomic mass is 9.89. The summed E-state index contributed by atoms with van der Waals surface area (Å²) < 4.78 is 1.08. The third kappa shape index (κ3) is 3.07. The van der Waals surface area contributed by atoms with Gasteiger partial charge in [0, 0.05) is 28.1 Å². The van der Waals surface area contributed by atoms with Gasteiger partial charge in [0.05, 0.1) is 24.4 Å². The second kappa shape index (κ2) is 6.52. The van der Waals surface area contributed by atoms with Crippen LogP contribution in [0, 0.1) is 3.57 Å². The lowest BCUT2D eigenvalue weighted by Crippen LogP contribution is -2.53. The first-order chi connectivity index (χ1) is 10.5. The average Bonchev–Trinajstić information content (AvgIpc) is 2.79. The topological polar surface area (TPSA) is 81.0 Å². The fourth-order valence-electron chi connectivity index (χ4n) is 3.60. The van der Waals surface area contributed by atoms with E-state index in [0.29, 0.717) is 31.4 Å². The molecule has 0 radical (unpaired) electrons. The van der Waals surface area contributed by atoms with Crippen LogP contribution >= 0.6 is 22.6 Å². The maximum absolute atomic E-state index is 12.4. The van der Waals surface area contributed by atoms with Crippen LogP contribution in [0.3, 0.4) is 0 Å². The Labute approximate surface area is 143 Å². The van der Waals surface area contributed by atoms with Crippen LogP contribution in [-0.2, 0) is 0 Å². The summed E-state index contributed by atoms with van der Waals surface area (Å²) >= 11 is 2.20. The standard InChI is InChI=1S/C16H20INO4/c17-10-3-1-9(2-4-10)13(20)7-11-5-6-12(19)15-16(22)14(21)8-18(11)15/h1-4,11-12,14-16,19,21-22H,5-8H2/t11-,12+,14+,15+,16+/m0/s1. The van der Waals surface area contributed by atoms with Gasteiger partial charge in [0.15, 0.2) is 5.78 Å². The molecule has 0 amide bonds. The maximum atomic E-state index is 12.4. The normalized spacial score (nSPS) is 35.4. The summed E-state index contributed by atoms with van der Waals surface area (Å²) in [6, 6.07) is 6.97. The van der Waals surface area contributed by atoms with E-state index in [1.165, 1.54) is 0 Å². The zero-order chi connectivity index (χ0) is 15.9. The van der Waals surface area contributed by atoms with Crippen LogP contribution in [0.5, 0.6) is 0 Å². The van der Waals surface area contributed by atoms with E-state index in [2.05, 4.69) is 22.6 Å². The number of piperidine rings is 1. The lowest BCUT2D eigenvalue weighted by molar-refractivity contribution is -0.0453. The second-order valence-electron chi connectivity index (χ2n) is 6.18. The summed E-state index contributed by atoms with van der Waals surface area (Å²) in [7, 11) is 0. The summed E-state index contributed by atoms with van der Waals surface area (Å²) in [6.07, 6.45) is -0.830. The van der Waals surface area contributed by atoms with E-state index in [4.69, 9.17) is 0 Å². The van der Waals surface area contributed by atoms with Crippen molar-refractivity contribution in [2.45, 2.75) is 49.7 Å². The molecule has 2 saturated heterocycles. The zero-order valence-electron chi connectivity index (χ0n) is 12.1. The Morgan fingerprint density at radius 1 is 1.14 bits per heavy atom. The van der Waals surface area contributed by atoms with E-state index < -0.39 is 24.4 Å². The number of aliphatic hydroxyl groups excluding tert-OH is 3. The molecular weight excluding hydrogens is 397 g/mol. The van der Waals surface area contributed by atoms with Crippen molar-refractivity contribution >= 4 is 28.4 Å². The van der Waals surface area contributed by atoms with E-state index in [1.54, 1.807) is 0 Å². The number of carbonyl (C=O) groups excluding carboxylic acids is 1. The third-order valence-corrected chi connectivity index (χ3v) is 5.49. The van der Waals surface area contributed by atoms with Crippen LogP contribution in [0.4, 0.5) is 0 Å². The number of aliphatic hydroxyl groups is 3. The number of hydrogen-bond acceptors (Lipinski definition) is 5. The van der Waals surface area contributed by atoms with Crippen molar-refractivity contribution in [1.82, 2.24) is 4.90 Å². The Hall–Kier alpha value is -0.540. The third-order valence-electron chi connectivity index (χ3n) is 4.77. The van der Waals surface area contributed by atoms with Crippen LogP contribution in [0.15, 0.2) is 24.3 Å². The minimum Gasteiger partial charge on any atom is -0.391 e. The van der Waals surface area contributed by atoms with Crippen molar-refractivity contribution in [3.8, 4) is 0 Å². The Balaban J connectivity index is 1.72. The molecule has 3 rings (SSSR count). The van der Waals surface area contributed by atoms with Gasteiger partial charge in [-0.1, -0.05) is 12.1 Å². The van der Waals surface area contributed by atoms with Crippen molar-refractivity contribution < 1.29 is 20.1 Å². The van der Waals surface area contributed by atoms with Gasteiger partial charge in [0.2, 0.25) is 0 Å². The van der Waals surface area contributed by atoms with E-state index >= 15 is 0 Å². The molecule has 2 aliphatic rings. The van der Waals surface area contributed by atoms with Gasteiger partial charge in [-0.05, 0) is 47.6 Å². The molecule has 2 aliphatic heterocycles. The molecule has 0 unspecified atom stereocenters. The molecule has 0 aromatic heterocycles. The summed E-state index contributed by atoms with van der Waals surface area (Å²) in [5.41, 5.74) is 0.684. The first kappa shape index (κ1) is 16.3. The number of ketones is 1. The highest BCUT2D eigenvalue weighted by Crippen LogP contribution is 2.33. The SMILES string of the molecule is O=C(C[C@@H]1CC[C@@H](O)[C@@H]2[C@H](O)[C@H](O)CN12)c1ccc(I)cc1. The first-order valence-electron chi connectivity index (χ1n) is 7.56. The van der Waals surface area contributed by atoms with Crippen LogP contribution < -0.4 is 0 Å². The number of carbonyl (C=O) groups is 1. The monoisotopic (exact) mass is 417 g/mol. The molecule has 120 valence electrons. The Kier molecular flexibility index (Phi) is 4.84. The van der Waals surface area contributed by atoms with Gasteiger partial charge in [0.25, 0.3) is 0 Å². The molecule has 0 aliphatic carbocycles. The number of rotatable bonds is 3. The van der Waals surface area contributed by atoms with Crippen LogP contribution in [0.2, 0.25) is 0 Å². The molecule has 2 fully saturated rings. The Morgan fingerprint density at radius 3 is 2.50 bits per heavy atom. The largest absolute Gasteiger partial charge is 0.391 e. The predicted molar refractivity (Wildman–Crippen MR) is 89.6 cm³/mol. The van der Waals surface area contributed by atoms with Crippen molar-refractivity contribution in [3.63, 3.8) is 0 Å². The fraction of sp³-hybridized carbons (Fsp3) is 0.562. The van der Waals surface area contributed by atoms with Gasteiger partial charge in [-0.15, -0.1) is 0 Å². The van der Waals surface area contributed by atoms with E-state index in [-0.39, 0.29) is 11.8 Å². The minimum atomic E-state index is -0.939. The first-order valence-corrected chi connectivity index (χ1v) is 8.64. The predicted octanol–water partition coefficient (Wildman–Crippen LogP) is 0.793. The Morgan fingerprint density at radius 2 is 1.82 bits per heavy atom. The summed E-state index contributed by atoms with van der Waals surface area (Å²) in [5.74, 6) is 0.0624. The number of fused-ring (bicyclic) bond motifs is 1. The van der Waals surface area contributed by atoms with E-state index in [1.807, 2.05) is 29.2 Å². The highest BCUT2D eigenvalue weighted by atomic mass is 127. The highest BCUT2D eigenvalue weighted by Gasteiger charge is 2.49. The fourth-order valence-corrected chi connectivity index (χ4v) is 3.96. The van der Waals surface area contributed by atoms with Crippen molar-refractivity contribution in [2.75, 3.05) is 6.54 Å². The van der Waals surface area contributed by atoms with Crippen molar-refractivity contribution in [1.29, 1.82) is 0 Å². The molecule has 0 bridgehead atoms. The summed E-state index contributed by atoms with van der Waals surface area (Å²) in [4.78, 5) is 14.4. The molecule has 0 saturated carbocycles. The number of nitrogens with zero attached hydrogens (tertiary/aromatic N) is 1. The molecule has 5 nitrogen and oxygen atoms in total. The molecule has 1 aromatic rings. The van der Waals surface area contributed by atoms with Gasteiger partial charge in [-0.2, -0.15) is 0 Å². The maximum Gasteiger partial charge on any atom is 0.164 e. The van der Waals surface area contributed by atoms with E-state index in [0.717, 1.165) is 3.57 Å². The molecule has 3 N–H and O–H groups in total. The number of Topliss-reactive ketones (excluding diaryl/α,β-unsaturated/α-hetero) is 1. The molecule has 6 heteroatoms. The quantitative estimate of drug-likeness (QED) is 0.501. The molecule has 1 aromatic carbocycles. The minimum absolute atomic E-state index is 0.0352. The van der Waals surface area contributed by atoms with E-state index in [9.17, 15) is 20.1 Å². The van der Waals surface area contributed by atoms with Gasteiger partial charge in [-0.25, -0.2) is 0 Å². The molecule has 0 spiro atoms. The molecular formula is C16H20INO4. The molecule has 5 atom stereocenters. The van der Waals surface area contributed by atoms with Gasteiger partial charge < -0.3 is 15.3 Å². The van der Waals surface area contributed by atoms with Crippen LogP contribution in [0.1, 0.15) is 29.6 Å². The van der Waals surface area contributed by atoms with Crippen molar-refractivity contribution in [2.24, 2.45) is 0 Å². The molecule has 22 heavy (non-hydrogen) atoms. The average molecular weight is 417 g/mol. The molecule has 2 heterocycles. The van der Waals surface area contributed by atoms with Crippen LogP contribution in [-0.4, -0.2) is 62.9 Å². The van der Waals surface area contributed by atoms with Crippen molar-refractivity contribution in [3.05, 3.63) is 33.4 Å². The smallest absolute Gasteiger partial charge is 0.164 e. The summed E-state index contributed by atoms with van der Waals surface area (Å²) in [5, 5.41) is 30.0. The number of halogens is 1. The van der Waals surface area contributed by atoms with Gasteiger partial charge in [-0.3, -0.25) is 9.69 Å². The second-order valence-corrected chi connectivity index (χ2v) is 7.42. The van der Waals surface area contributed by atoms with Gasteiger partial charge >= 0.3 is 0 Å². The number of benzene rings is 1. The van der Waals surface area contributed by atoms with Gasteiger partial charge in [0.1, 0.15) is 0 Å². The summed E-state index contributed by atoms with van der Waals surface area (Å²) in [6.45, 7) is 0.313.